The molecule has 0 spiro atoms. The third-order valence-electron chi connectivity index (χ3n) is 4.21. The Bertz CT molecular complexity index is 1190. The molecule has 4 rings (SSSR count). The lowest BCUT2D eigenvalue weighted by molar-refractivity contribution is 0.894. The van der Waals surface area contributed by atoms with Crippen LogP contribution >= 0.6 is 23.2 Å². The number of aryl methyl sites for hydroxylation is 1. The Morgan fingerprint density at radius 1 is 1.00 bits per heavy atom. The maximum atomic E-state index is 12.9. The molecule has 4 aromatic rings. The first-order valence-electron chi connectivity index (χ1n) is 8.18. The monoisotopic (exact) mass is 396 g/mol. The van der Waals surface area contributed by atoms with Crippen molar-refractivity contribution in [1.82, 2.24) is 14.5 Å². The Morgan fingerprint density at radius 3 is 2.41 bits per heavy atom. The molecule has 7 heteroatoms. The number of nitrogens with zero attached hydrogens (tertiary/aromatic N) is 3. The number of hydrogen-bond acceptors (Lipinski definition) is 4. The minimum Gasteiger partial charge on any atom is -0.340 e. The zero-order valence-corrected chi connectivity index (χ0v) is 15.8. The van der Waals surface area contributed by atoms with Crippen molar-refractivity contribution >= 4 is 45.7 Å². The summed E-state index contributed by atoms with van der Waals surface area (Å²) in [6.07, 6.45) is 1.62. The van der Waals surface area contributed by atoms with Crippen molar-refractivity contribution in [2.45, 2.75) is 0 Å². The Balaban J connectivity index is 1.86. The first-order valence-corrected chi connectivity index (χ1v) is 8.93. The van der Waals surface area contributed by atoms with E-state index in [0.29, 0.717) is 32.5 Å². The molecule has 5 nitrogen and oxygen atoms in total. The molecule has 0 bridgehead atoms. The fourth-order valence-electron chi connectivity index (χ4n) is 2.85. The van der Waals surface area contributed by atoms with Gasteiger partial charge < -0.3 is 9.88 Å². The van der Waals surface area contributed by atoms with Crippen molar-refractivity contribution in [3.63, 3.8) is 0 Å². The second-order valence-corrected chi connectivity index (χ2v) is 6.78. The van der Waals surface area contributed by atoms with E-state index >= 15 is 0 Å². The smallest absolute Gasteiger partial charge is 0.277 e. The van der Waals surface area contributed by atoms with Gasteiger partial charge in [0.25, 0.3) is 5.56 Å². The molecule has 0 aliphatic rings. The third kappa shape index (κ3) is 3.27. The highest BCUT2D eigenvalue weighted by atomic mass is 35.5. The molecular formula is C20H14Cl2N4O. The SMILES string of the molecule is Cn1c(=O)c(-c2c(Cl)cccc2Cl)nc2cnc(Nc3ccccc3)cc21. The van der Waals surface area contributed by atoms with E-state index in [-0.39, 0.29) is 11.3 Å². The zero-order valence-electron chi connectivity index (χ0n) is 14.3. The van der Waals surface area contributed by atoms with Crippen LogP contribution in [0.2, 0.25) is 10.0 Å². The molecule has 27 heavy (non-hydrogen) atoms. The molecule has 0 saturated carbocycles. The molecule has 0 unspecified atom stereocenters. The number of halogens is 2. The number of pyridine rings is 1. The fraction of sp³-hybridized carbons (Fsp3) is 0.0500. The van der Waals surface area contributed by atoms with Crippen LogP contribution in [-0.2, 0) is 7.05 Å². The first kappa shape index (κ1) is 17.5. The number of nitrogens with one attached hydrogen (secondary N) is 1. The van der Waals surface area contributed by atoms with Crippen LogP contribution in [0.25, 0.3) is 22.3 Å². The fourth-order valence-corrected chi connectivity index (χ4v) is 3.43. The van der Waals surface area contributed by atoms with Gasteiger partial charge in [0.05, 0.1) is 21.8 Å². The van der Waals surface area contributed by atoms with Crippen molar-refractivity contribution in [1.29, 1.82) is 0 Å². The predicted molar refractivity (Wildman–Crippen MR) is 110 cm³/mol. The molecule has 0 atom stereocenters. The van der Waals surface area contributed by atoms with Gasteiger partial charge in [-0.15, -0.1) is 0 Å². The Kier molecular flexibility index (Phi) is 4.56. The van der Waals surface area contributed by atoms with Gasteiger partial charge in [-0.05, 0) is 24.3 Å². The number of aromatic nitrogens is 3. The molecule has 0 radical (unpaired) electrons. The number of rotatable bonds is 3. The average Bonchev–Trinajstić information content (AvgIpc) is 2.67. The molecule has 1 N–H and O–H groups in total. The van der Waals surface area contributed by atoms with Gasteiger partial charge in [0.15, 0.2) is 0 Å². The van der Waals surface area contributed by atoms with Gasteiger partial charge in [0, 0.05) is 24.4 Å². The minimum atomic E-state index is -0.283. The summed E-state index contributed by atoms with van der Waals surface area (Å²) in [5.41, 5.74) is 2.47. The number of fused-ring (bicyclic) bond motifs is 1. The van der Waals surface area contributed by atoms with Gasteiger partial charge in [-0.1, -0.05) is 47.5 Å². The Hall–Kier alpha value is -2.89. The van der Waals surface area contributed by atoms with Crippen LogP contribution in [0, 0.1) is 0 Å². The highest BCUT2D eigenvalue weighted by Crippen LogP contribution is 2.32. The van der Waals surface area contributed by atoms with E-state index in [1.54, 1.807) is 37.5 Å². The van der Waals surface area contributed by atoms with E-state index in [4.69, 9.17) is 23.2 Å². The molecule has 2 heterocycles. The van der Waals surface area contributed by atoms with Crippen molar-refractivity contribution < 1.29 is 0 Å². The molecular weight excluding hydrogens is 383 g/mol. The van der Waals surface area contributed by atoms with E-state index < -0.39 is 0 Å². The van der Waals surface area contributed by atoms with Crippen LogP contribution in [0.3, 0.4) is 0 Å². The highest BCUT2D eigenvalue weighted by molar-refractivity contribution is 6.39. The Morgan fingerprint density at radius 2 is 1.70 bits per heavy atom. The minimum absolute atomic E-state index is 0.200. The molecule has 0 amide bonds. The second kappa shape index (κ2) is 7.02. The van der Waals surface area contributed by atoms with Crippen molar-refractivity contribution in [2.24, 2.45) is 7.05 Å². The summed E-state index contributed by atoms with van der Waals surface area (Å²) < 4.78 is 1.52. The summed E-state index contributed by atoms with van der Waals surface area (Å²) in [5.74, 6) is 0.619. The van der Waals surface area contributed by atoms with Crippen LogP contribution in [0.5, 0.6) is 0 Å². The predicted octanol–water partition coefficient (Wildman–Crippen LogP) is 5.05. The van der Waals surface area contributed by atoms with Crippen molar-refractivity contribution in [3.05, 3.63) is 81.2 Å². The maximum Gasteiger partial charge on any atom is 0.277 e. The third-order valence-corrected chi connectivity index (χ3v) is 4.84. The summed E-state index contributed by atoms with van der Waals surface area (Å²) >= 11 is 12.5. The van der Waals surface area contributed by atoms with E-state index in [1.807, 2.05) is 30.3 Å². The molecule has 0 saturated heterocycles. The zero-order chi connectivity index (χ0) is 19.0. The molecule has 134 valence electrons. The summed E-state index contributed by atoms with van der Waals surface area (Å²) in [6, 6.07) is 16.5. The van der Waals surface area contributed by atoms with Gasteiger partial charge in [0.1, 0.15) is 17.0 Å². The Labute approximate surface area is 165 Å². The van der Waals surface area contributed by atoms with Crippen LogP contribution in [0.4, 0.5) is 11.5 Å². The summed E-state index contributed by atoms with van der Waals surface area (Å²) in [6.45, 7) is 0. The lowest BCUT2D eigenvalue weighted by Crippen LogP contribution is -2.21. The van der Waals surface area contributed by atoms with Crippen LogP contribution in [0.15, 0.2) is 65.6 Å². The number of benzene rings is 2. The summed E-state index contributed by atoms with van der Waals surface area (Å²) in [7, 11) is 1.69. The van der Waals surface area contributed by atoms with Crippen LogP contribution in [0.1, 0.15) is 0 Å². The van der Waals surface area contributed by atoms with E-state index in [1.165, 1.54) is 4.57 Å². The van der Waals surface area contributed by atoms with Crippen molar-refractivity contribution in [2.75, 3.05) is 5.32 Å². The second-order valence-electron chi connectivity index (χ2n) is 5.97. The number of para-hydroxylation sites is 1. The summed E-state index contributed by atoms with van der Waals surface area (Å²) in [4.78, 5) is 21.8. The maximum absolute atomic E-state index is 12.9. The molecule has 2 aromatic heterocycles. The average molecular weight is 397 g/mol. The van der Waals surface area contributed by atoms with Crippen LogP contribution < -0.4 is 10.9 Å². The van der Waals surface area contributed by atoms with Gasteiger partial charge in [-0.3, -0.25) is 4.79 Å². The standard InChI is InChI=1S/C20H14Cl2N4O/c1-26-16-10-17(24-12-6-3-2-4-7-12)23-11-15(16)25-19(20(26)27)18-13(21)8-5-9-14(18)22/h2-11H,1H3,(H,23,24). The number of anilines is 2. The molecule has 2 aromatic carbocycles. The summed E-state index contributed by atoms with van der Waals surface area (Å²) in [5, 5.41) is 3.96. The quantitative estimate of drug-likeness (QED) is 0.526. The van der Waals surface area contributed by atoms with Gasteiger partial charge >= 0.3 is 0 Å². The van der Waals surface area contributed by atoms with Gasteiger partial charge in [-0.2, -0.15) is 0 Å². The van der Waals surface area contributed by atoms with E-state index in [2.05, 4.69) is 15.3 Å². The molecule has 0 aliphatic heterocycles. The highest BCUT2D eigenvalue weighted by Gasteiger charge is 2.17. The number of hydrogen-bond donors (Lipinski definition) is 1. The largest absolute Gasteiger partial charge is 0.340 e. The van der Waals surface area contributed by atoms with E-state index in [9.17, 15) is 4.79 Å². The van der Waals surface area contributed by atoms with E-state index in [0.717, 1.165) is 5.69 Å². The van der Waals surface area contributed by atoms with Gasteiger partial charge in [0.2, 0.25) is 0 Å². The van der Waals surface area contributed by atoms with Crippen LogP contribution in [-0.4, -0.2) is 14.5 Å². The van der Waals surface area contributed by atoms with Crippen molar-refractivity contribution in [3.8, 4) is 11.3 Å². The molecule has 0 aliphatic carbocycles. The lowest BCUT2D eigenvalue weighted by Gasteiger charge is -2.12. The topological polar surface area (TPSA) is 59.8 Å². The lowest BCUT2D eigenvalue weighted by atomic mass is 10.1. The first-order chi connectivity index (χ1) is 13.0. The normalized spacial score (nSPS) is 10.9. The van der Waals surface area contributed by atoms with Gasteiger partial charge in [-0.25, -0.2) is 9.97 Å². The molecule has 0 fully saturated rings.